The van der Waals surface area contributed by atoms with Gasteiger partial charge in [0.2, 0.25) is 0 Å². The molecule has 1 saturated carbocycles. The van der Waals surface area contributed by atoms with E-state index in [1.165, 1.54) is 0 Å². The highest BCUT2D eigenvalue weighted by molar-refractivity contribution is 7.86. The van der Waals surface area contributed by atoms with Gasteiger partial charge in [0.25, 0.3) is 10.1 Å². The maximum atomic E-state index is 12.3. The van der Waals surface area contributed by atoms with Gasteiger partial charge in [-0.2, -0.15) is 8.42 Å². The number of aryl methyl sites for hydroxylation is 1. The van der Waals surface area contributed by atoms with Gasteiger partial charge in [0, 0.05) is 6.61 Å². The molecule has 22 heavy (non-hydrogen) atoms. The van der Waals surface area contributed by atoms with Crippen molar-refractivity contribution >= 4 is 10.1 Å². The monoisotopic (exact) mass is 326 g/mol. The molecule has 0 unspecified atom stereocenters. The maximum absolute atomic E-state index is 12.3. The Labute approximate surface area is 134 Å². The molecule has 4 nitrogen and oxygen atoms in total. The SMILES string of the molecule is CCCCOC1CCC(OS(=O)(=O)c2ccc(C)cc2)CC1. The zero-order valence-corrected chi connectivity index (χ0v) is 14.3. The molecule has 1 aromatic carbocycles. The summed E-state index contributed by atoms with van der Waals surface area (Å²) in [4.78, 5) is 0.236. The van der Waals surface area contributed by atoms with Crippen LogP contribution in [0.15, 0.2) is 29.2 Å². The van der Waals surface area contributed by atoms with Crippen LogP contribution >= 0.6 is 0 Å². The molecule has 1 aromatic rings. The van der Waals surface area contributed by atoms with Crippen molar-refractivity contribution in [3.63, 3.8) is 0 Å². The fourth-order valence-electron chi connectivity index (χ4n) is 2.63. The highest BCUT2D eigenvalue weighted by Gasteiger charge is 2.27. The first-order chi connectivity index (χ1) is 10.5. The van der Waals surface area contributed by atoms with Crippen LogP contribution in [-0.4, -0.2) is 27.2 Å². The van der Waals surface area contributed by atoms with E-state index < -0.39 is 10.1 Å². The molecule has 1 fully saturated rings. The summed E-state index contributed by atoms with van der Waals surface area (Å²) >= 11 is 0. The van der Waals surface area contributed by atoms with Gasteiger partial charge in [-0.1, -0.05) is 31.0 Å². The van der Waals surface area contributed by atoms with Gasteiger partial charge in [-0.25, -0.2) is 0 Å². The second-order valence-electron chi connectivity index (χ2n) is 5.99. The summed E-state index contributed by atoms with van der Waals surface area (Å²) in [5, 5.41) is 0. The molecule has 124 valence electrons. The molecule has 0 N–H and O–H groups in total. The lowest BCUT2D eigenvalue weighted by molar-refractivity contribution is 0.00277. The molecule has 0 amide bonds. The number of benzene rings is 1. The Morgan fingerprint density at radius 1 is 1.05 bits per heavy atom. The molecule has 0 atom stereocenters. The van der Waals surface area contributed by atoms with Crippen LogP contribution in [0.1, 0.15) is 51.0 Å². The van der Waals surface area contributed by atoms with E-state index >= 15 is 0 Å². The van der Waals surface area contributed by atoms with Crippen molar-refractivity contribution in [3.05, 3.63) is 29.8 Å². The first-order valence-electron chi connectivity index (χ1n) is 8.13. The van der Waals surface area contributed by atoms with E-state index in [4.69, 9.17) is 8.92 Å². The first-order valence-corrected chi connectivity index (χ1v) is 9.53. The zero-order valence-electron chi connectivity index (χ0n) is 13.5. The molecular weight excluding hydrogens is 300 g/mol. The quantitative estimate of drug-likeness (QED) is 0.564. The molecule has 0 radical (unpaired) electrons. The normalized spacial score (nSPS) is 22.6. The van der Waals surface area contributed by atoms with Gasteiger partial charge in [0.15, 0.2) is 0 Å². The Morgan fingerprint density at radius 2 is 1.64 bits per heavy atom. The lowest BCUT2D eigenvalue weighted by Gasteiger charge is -2.28. The molecule has 2 rings (SSSR count). The summed E-state index contributed by atoms with van der Waals surface area (Å²) < 4.78 is 35.7. The summed E-state index contributed by atoms with van der Waals surface area (Å²) in [6, 6.07) is 6.78. The van der Waals surface area contributed by atoms with Gasteiger partial charge in [0.1, 0.15) is 0 Å². The van der Waals surface area contributed by atoms with E-state index in [9.17, 15) is 8.42 Å². The van der Waals surface area contributed by atoms with Gasteiger partial charge in [-0.05, 0) is 51.2 Å². The Kier molecular flexibility index (Phi) is 6.41. The van der Waals surface area contributed by atoms with Crippen molar-refractivity contribution in [1.82, 2.24) is 0 Å². The first kappa shape index (κ1) is 17.4. The topological polar surface area (TPSA) is 52.6 Å². The van der Waals surface area contributed by atoms with Crippen molar-refractivity contribution in [2.24, 2.45) is 0 Å². The number of ether oxygens (including phenoxy) is 1. The Bertz CT molecular complexity index is 543. The molecule has 0 heterocycles. The Morgan fingerprint density at radius 3 is 2.23 bits per heavy atom. The fourth-order valence-corrected chi connectivity index (χ4v) is 3.76. The van der Waals surface area contributed by atoms with Gasteiger partial charge in [0.05, 0.1) is 17.1 Å². The summed E-state index contributed by atoms with van der Waals surface area (Å²) in [6.45, 7) is 4.87. The molecule has 0 aromatic heterocycles. The fraction of sp³-hybridized carbons (Fsp3) is 0.647. The summed E-state index contributed by atoms with van der Waals surface area (Å²) in [6.07, 6.45) is 5.47. The summed E-state index contributed by atoms with van der Waals surface area (Å²) in [5.74, 6) is 0. The number of unbranched alkanes of at least 4 members (excludes halogenated alkanes) is 1. The van der Waals surface area contributed by atoms with Crippen LogP contribution < -0.4 is 0 Å². The zero-order chi connectivity index (χ0) is 16.0. The highest BCUT2D eigenvalue weighted by Crippen LogP contribution is 2.27. The van der Waals surface area contributed by atoms with E-state index in [0.717, 1.165) is 50.7 Å². The largest absolute Gasteiger partial charge is 0.378 e. The van der Waals surface area contributed by atoms with Crippen molar-refractivity contribution in [3.8, 4) is 0 Å². The van der Waals surface area contributed by atoms with E-state index in [0.29, 0.717) is 0 Å². The summed E-state index contributed by atoms with van der Waals surface area (Å²) in [5.41, 5.74) is 1.03. The van der Waals surface area contributed by atoms with Crippen molar-refractivity contribution in [2.45, 2.75) is 69.5 Å². The Hall–Kier alpha value is -0.910. The molecular formula is C17H26O4S. The smallest absolute Gasteiger partial charge is 0.297 e. The van der Waals surface area contributed by atoms with Crippen LogP contribution in [0.2, 0.25) is 0 Å². The van der Waals surface area contributed by atoms with Gasteiger partial charge in [-0.3, -0.25) is 4.18 Å². The van der Waals surface area contributed by atoms with E-state index in [1.807, 2.05) is 6.92 Å². The van der Waals surface area contributed by atoms with Crippen LogP contribution in [0, 0.1) is 6.92 Å². The van der Waals surface area contributed by atoms with Crippen molar-refractivity contribution < 1.29 is 17.3 Å². The van der Waals surface area contributed by atoms with E-state index in [1.54, 1.807) is 24.3 Å². The van der Waals surface area contributed by atoms with Gasteiger partial charge < -0.3 is 4.74 Å². The van der Waals surface area contributed by atoms with Crippen LogP contribution in [0.3, 0.4) is 0 Å². The summed E-state index contributed by atoms with van der Waals surface area (Å²) in [7, 11) is -3.66. The molecule has 1 aliphatic carbocycles. The van der Waals surface area contributed by atoms with Crippen LogP contribution in [-0.2, 0) is 19.0 Å². The second kappa shape index (κ2) is 8.09. The second-order valence-corrected chi connectivity index (χ2v) is 7.56. The average molecular weight is 326 g/mol. The highest BCUT2D eigenvalue weighted by atomic mass is 32.2. The number of rotatable bonds is 7. The van der Waals surface area contributed by atoms with E-state index in [2.05, 4.69) is 6.92 Å². The lowest BCUT2D eigenvalue weighted by atomic mass is 9.95. The molecule has 0 aliphatic heterocycles. The van der Waals surface area contributed by atoms with Crippen molar-refractivity contribution in [1.29, 1.82) is 0 Å². The maximum Gasteiger partial charge on any atom is 0.297 e. The predicted octanol–water partition coefficient (Wildman–Crippen LogP) is 3.83. The molecule has 1 aliphatic rings. The minimum Gasteiger partial charge on any atom is -0.378 e. The van der Waals surface area contributed by atoms with Crippen LogP contribution in [0.4, 0.5) is 0 Å². The minimum atomic E-state index is -3.66. The van der Waals surface area contributed by atoms with Gasteiger partial charge in [-0.15, -0.1) is 0 Å². The molecule has 0 bridgehead atoms. The lowest BCUT2D eigenvalue weighted by Crippen LogP contribution is -2.28. The standard InChI is InChI=1S/C17H26O4S/c1-3-4-13-20-15-7-9-16(10-8-15)21-22(18,19)17-11-5-14(2)6-12-17/h5-6,11-12,15-16H,3-4,7-10,13H2,1-2H3. The third-order valence-corrected chi connectivity index (χ3v) is 5.42. The Balaban J connectivity index is 1.83. The third kappa shape index (κ3) is 5.07. The van der Waals surface area contributed by atoms with Crippen LogP contribution in [0.25, 0.3) is 0 Å². The average Bonchev–Trinajstić information content (AvgIpc) is 2.49. The van der Waals surface area contributed by atoms with Gasteiger partial charge >= 0.3 is 0 Å². The van der Waals surface area contributed by atoms with Crippen LogP contribution in [0.5, 0.6) is 0 Å². The third-order valence-electron chi connectivity index (χ3n) is 4.05. The molecule has 0 spiro atoms. The number of hydrogen-bond donors (Lipinski definition) is 0. The number of hydrogen-bond acceptors (Lipinski definition) is 4. The molecule has 0 saturated heterocycles. The van der Waals surface area contributed by atoms with Crippen molar-refractivity contribution in [2.75, 3.05) is 6.61 Å². The minimum absolute atomic E-state index is 0.225. The predicted molar refractivity (Wildman–Crippen MR) is 86.4 cm³/mol. The van der Waals surface area contributed by atoms with E-state index in [-0.39, 0.29) is 17.1 Å². The molecule has 5 heteroatoms.